The van der Waals surface area contributed by atoms with E-state index in [1.807, 2.05) is 13.0 Å². The molecular formula is C12H17N3O2. The summed E-state index contributed by atoms with van der Waals surface area (Å²) in [7, 11) is 1.35. The fourth-order valence-corrected chi connectivity index (χ4v) is 1.50. The van der Waals surface area contributed by atoms with Gasteiger partial charge >= 0.3 is 5.97 Å². The Bertz CT molecular complexity index is 406. The molecule has 0 spiro atoms. The van der Waals surface area contributed by atoms with E-state index in [4.69, 9.17) is 5.26 Å². The van der Waals surface area contributed by atoms with Gasteiger partial charge in [-0.1, -0.05) is 6.92 Å². The molecule has 0 aliphatic rings. The highest BCUT2D eigenvalue weighted by molar-refractivity contribution is 5.87. The zero-order valence-electron chi connectivity index (χ0n) is 10.1. The largest absolute Gasteiger partial charge is 0.464 e. The third kappa shape index (κ3) is 3.93. The van der Waals surface area contributed by atoms with Crippen LogP contribution in [0.2, 0.25) is 0 Å². The molecule has 0 aliphatic heterocycles. The number of carbonyl (C=O) groups is 1. The monoisotopic (exact) mass is 235 g/mol. The van der Waals surface area contributed by atoms with Crippen LogP contribution >= 0.6 is 0 Å². The maximum absolute atomic E-state index is 11.2. The number of rotatable bonds is 6. The number of esters is 1. The van der Waals surface area contributed by atoms with Crippen LogP contribution in [0.4, 0.5) is 0 Å². The van der Waals surface area contributed by atoms with Crippen LogP contribution < -0.4 is 5.32 Å². The number of nitrogens with one attached hydrogen (secondary N) is 2. The highest BCUT2D eigenvalue weighted by Crippen LogP contribution is 2.05. The lowest BCUT2D eigenvalue weighted by molar-refractivity contribution is 0.0594. The molecule has 0 bridgehead atoms. The van der Waals surface area contributed by atoms with Gasteiger partial charge in [-0.2, -0.15) is 5.26 Å². The fraction of sp³-hybridized carbons (Fsp3) is 0.500. The molecule has 2 N–H and O–H groups in total. The van der Waals surface area contributed by atoms with Gasteiger partial charge in [-0.3, -0.25) is 0 Å². The molecule has 0 fully saturated rings. The number of hydrogen-bond donors (Lipinski definition) is 2. The van der Waals surface area contributed by atoms with E-state index in [9.17, 15) is 4.79 Å². The molecule has 0 amide bonds. The normalized spacial score (nSPS) is 11.8. The molecule has 0 saturated heterocycles. The van der Waals surface area contributed by atoms with Crippen molar-refractivity contribution in [3.8, 4) is 6.07 Å². The number of aromatic amines is 1. The smallest absolute Gasteiger partial charge is 0.354 e. The summed E-state index contributed by atoms with van der Waals surface area (Å²) in [5.74, 6) is -0.375. The fourth-order valence-electron chi connectivity index (χ4n) is 1.50. The summed E-state index contributed by atoms with van der Waals surface area (Å²) < 4.78 is 4.60. The minimum atomic E-state index is -0.375. The van der Waals surface area contributed by atoms with E-state index in [0.717, 1.165) is 12.1 Å². The van der Waals surface area contributed by atoms with Gasteiger partial charge in [0.2, 0.25) is 0 Å². The number of nitrogens with zero attached hydrogens (tertiary/aromatic N) is 1. The standard InChI is InChI=1S/C12H17N3O2/c1-3-9(6-7-13)14-8-10-4-5-11(15-10)12(16)17-2/h4-5,9,14-15H,3,6,8H2,1-2H3. The molecule has 17 heavy (non-hydrogen) atoms. The second-order valence-corrected chi connectivity index (χ2v) is 3.74. The lowest BCUT2D eigenvalue weighted by Gasteiger charge is -2.12. The quantitative estimate of drug-likeness (QED) is 0.734. The Kier molecular flexibility index (Phi) is 5.24. The minimum absolute atomic E-state index is 0.185. The molecule has 0 aromatic carbocycles. The SMILES string of the molecule is CCC(CC#N)NCc1ccc(C(=O)OC)[nH]1. The first-order chi connectivity index (χ1) is 8.21. The number of hydrogen-bond acceptors (Lipinski definition) is 4. The van der Waals surface area contributed by atoms with Crippen LogP contribution in [-0.4, -0.2) is 24.1 Å². The highest BCUT2D eigenvalue weighted by atomic mass is 16.5. The Balaban J connectivity index is 2.49. The first-order valence-corrected chi connectivity index (χ1v) is 5.57. The van der Waals surface area contributed by atoms with Crippen molar-refractivity contribution in [3.63, 3.8) is 0 Å². The number of aromatic nitrogens is 1. The lowest BCUT2D eigenvalue weighted by Crippen LogP contribution is -2.27. The molecule has 1 aromatic rings. The van der Waals surface area contributed by atoms with Gasteiger partial charge in [0, 0.05) is 18.3 Å². The van der Waals surface area contributed by atoms with Crippen LogP contribution in [0.25, 0.3) is 0 Å². The van der Waals surface area contributed by atoms with Gasteiger partial charge in [0.15, 0.2) is 0 Å². The summed E-state index contributed by atoms with van der Waals surface area (Å²) in [6.45, 7) is 2.64. The van der Waals surface area contributed by atoms with Crippen molar-refractivity contribution >= 4 is 5.97 Å². The van der Waals surface area contributed by atoms with E-state index < -0.39 is 0 Å². The van der Waals surface area contributed by atoms with Crippen LogP contribution in [0, 0.1) is 11.3 Å². The maximum atomic E-state index is 11.2. The van der Waals surface area contributed by atoms with Crippen molar-refractivity contribution in [2.75, 3.05) is 7.11 Å². The molecule has 1 rings (SSSR count). The summed E-state index contributed by atoms with van der Waals surface area (Å²) in [6.07, 6.45) is 1.39. The predicted molar refractivity (Wildman–Crippen MR) is 63.3 cm³/mol. The van der Waals surface area contributed by atoms with Crippen molar-refractivity contribution in [1.82, 2.24) is 10.3 Å². The average molecular weight is 235 g/mol. The third-order valence-electron chi connectivity index (χ3n) is 2.56. The number of carbonyl (C=O) groups excluding carboxylic acids is 1. The topological polar surface area (TPSA) is 77.9 Å². The molecule has 5 nitrogen and oxygen atoms in total. The second kappa shape index (κ2) is 6.71. The molecule has 5 heteroatoms. The van der Waals surface area contributed by atoms with Crippen LogP contribution in [0.15, 0.2) is 12.1 Å². The Labute approximate surface area is 101 Å². The summed E-state index contributed by atoms with van der Waals surface area (Å²) in [5.41, 5.74) is 1.35. The first-order valence-electron chi connectivity index (χ1n) is 5.57. The second-order valence-electron chi connectivity index (χ2n) is 3.74. The molecular weight excluding hydrogens is 218 g/mol. The summed E-state index contributed by atoms with van der Waals surface area (Å²) >= 11 is 0. The number of methoxy groups -OCH3 is 1. The van der Waals surface area contributed by atoms with E-state index in [0.29, 0.717) is 18.7 Å². The van der Waals surface area contributed by atoms with Crippen molar-refractivity contribution in [2.45, 2.75) is 32.4 Å². The Morgan fingerprint density at radius 2 is 2.41 bits per heavy atom. The van der Waals surface area contributed by atoms with Crippen LogP contribution in [0.5, 0.6) is 0 Å². The van der Waals surface area contributed by atoms with Crippen molar-refractivity contribution < 1.29 is 9.53 Å². The van der Waals surface area contributed by atoms with Gasteiger partial charge in [0.1, 0.15) is 5.69 Å². The Morgan fingerprint density at radius 3 is 3.00 bits per heavy atom. The zero-order chi connectivity index (χ0) is 12.7. The van der Waals surface area contributed by atoms with Gasteiger partial charge in [-0.15, -0.1) is 0 Å². The van der Waals surface area contributed by atoms with Crippen LogP contribution in [-0.2, 0) is 11.3 Å². The van der Waals surface area contributed by atoms with Crippen molar-refractivity contribution in [3.05, 3.63) is 23.5 Å². The Morgan fingerprint density at radius 1 is 1.65 bits per heavy atom. The molecule has 0 aliphatic carbocycles. The summed E-state index contributed by atoms with van der Waals surface area (Å²) in [6, 6.07) is 5.85. The molecule has 92 valence electrons. The van der Waals surface area contributed by atoms with E-state index in [1.54, 1.807) is 6.07 Å². The predicted octanol–water partition coefficient (Wildman–Crippen LogP) is 1.58. The van der Waals surface area contributed by atoms with E-state index in [-0.39, 0.29) is 12.0 Å². The van der Waals surface area contributed by atoms with Gasteiger partial charge < -0.3 is 15.0 Å². The molecule has 0 saturated carbocycles. The maximum Gasteiger partial charge on any atom is 0.354 e. The van der Waals surface area contributed by atoms with Crippen molar-refractivity contribution in [1.29, 1.82) is 5.26 Å². The van der Waals surface area contributed by atoms with Gasteiger partial charge in [-0.05, 0) is 18.6 Å². The molecule has 0 radical (unpaired) electrons. The Hall–Kier alpha value is -1.80. The summed E-state index contributed by atoms with van der Waals surface area (Å²) in [5, 5.41) is 11.9. The van der Waals surface area contributed by atoms with Gasteiger partial charge in [-0.25, -0.2) is 4.79 Å². The number of ether oxygens (including phenoxy) is 1. The van der Waals surface area contributed by atoms with Crippen LogP contribution in [0.1, 0.15) is 35.9 Å². The third-order valence-corrected chi connectivity index (χ3v) is 2.56. The zero-order valence-corrected chi connectivity index (χ0v) is 10.1. The highest BCUT2D eigenvalue weighted by Gasteiger charge is 2.09. The summed E-state index contributed by atoms with van der Waals surface area (Å²) in [4.78, 5) is 14.2. The molecule has 1 atom stereocenters. The van der Waals surface area contributed by atoms with Crippen LogP contribution in [0.3, 0.4) is 0 Å². The van der Waals surface area contributed by atoms with Gasteiger partial charge in [0.25, 0.3) is 0 Å². The molecule has 1 aromatic heterocycles. The first kappa shape index (κ1) is 13.3. The van der Waals surface area contributed by atoms with E-state index >= 15 is 0 Å². The van der Waals surface area contributed by atoms with Gasteiger partial charge in [0.05, 0.1) is 19.6 Å². The van der Waals surface area contributed by atoms with Crippen molar-refractivity contribution in [2.24, 2.45) is 0 Å². The average Bonchev–Trinajstić information content (AvgIpc) is 2.82. The van der Waals surface area contributed by atoms with E-state index in [2.05, 4.69) is 21.1 Å². The van der Waals surface area contributed by atoms with E-state index in [1.165, 1.54) is 7.11 Å². The lowest BCUT2D eigenvalue weighted by atomic mass is 10.1. The molecule has 1 heterocycles. The number of nitriles is 1. The number of H-pyrrole nitrogens is 1. The minimum Gasteiger partial charge on any atom is -0.464 e. The molecule has 1 unspecified atom stereocenters.